The third kappa shape index (κ3) is 6.55. The Morgan fingerprint density at radius 1 is 1.06 bits per heavy atom. The largest absolute Gasteiger partial charge is 0.492 e. The first-order chi connectivity index (χ1) is 15.2. The van der Waals surface area contributed by atoms with Crippen LogP contribution in [0.15, 0.2) is 47.7 Å². The molecule has 0 spiro atoms. The number of nitrogens with zero attached hydrogens (tertiary/aromatic N) is 6. The lowest BCUT2D eigenvalue weighted by Gasteiger charge is -2.36. The van der Waals surface area contributed by atoms with E-state index >= 15 is 0 Å². The maximum absolute atomic E-state index is 6.09. The first kappa shape index (κ1) is 22.8. The molecule has 1 aromatic heterocycles. The summed E-state index contributed by atoms with van der Waals surface area (Å²) >= 11 is 0. The van der Waals surface area contributed by atoms with Crippen LogP contribution < -0.4 is 15.0 Å². The van der Waals surface area contributed by atoms with Crippen LogP contribution in [-0.2, 0) is 6.54 Å². The molecule has 1 saturated heterocycles. The van der Waals surface area contributed by atoms with Gasteiger partial charge in [0.15, 0.2) is 5.96 Å². The van der Waals surface area contributed by atoms with Crippen molar-refractivity contribution in [3.63, 3.8) is 0 Å². The molecular weight excluding hydrogens is 390 g/mol. The fraction of sp³-hybridized carbons (Fsp3) is 0.522. The van der Waals surface area contributed by atoms with E-state index in [9.17, 15) is 0 Å². The van der Waals surface area contributed by atoms with E-state index in [-0.39, 0.29) is 0 Å². The van der Waals surface area contributed by atoms with Gasteiger partial charge in [-0.1, -0.05) is 32.0 Å². The Bertz CT molecular complexity index is 803. The summed E-state index contributed by atoms with van der Waals surface area (Å²) in [6.07, 6.45) is 3.58. The average Bonchev–Trinajstić information content (AvgIpc) is 2.84. The normalized spacial score (nSPS) is 14.8. The predicted octanol–water partition coefficient (Wildman–Crippen LogP) is 2.09. The number of rotatable bonds is 9. The lowest BCUT2D eigenvalue weighted by Crippen LogP contribution is -2.52. The molecule has 0 radical (unpaired) electrons. The van der Waals surface area contributed by atoms with Crippen LogP contribution in [0.1, 0.15) is 19.4 Å². The Balaban J connectivity index is 1.51. The van der Waals surface area contributed by atoms with Gasteiger partial charge in [-0.2, -0.15) is 0 Å². The van der Waals surface area contributed by atoms with Gasteiger partial charge in [0.1, 0.15) is 12.4 Å². The minimum Gasteiger partial charge on any atom is -0.492 e. The molecular formula is C23H35N7O. The number of hydrogen-bond donors (Lipinski definition) is 1. The van der Waals surface area contributed by atoms with Gasteiger partial charge in [0.25, 0.3) is 0 Å². The van der Waals surface area contributed by atoms with E-state index < -0.39 is 0 Å². The number of piperazine rings is 1. The van der Waals surface area contributed by atoms with Crippen LogP contribution in [0.4, 0.5) is 5.95 Å². The third-order valence-corrected chi connectivity index (χ3v) is 5.60. The van der Waals surface area contributed by atoms with Crippen LogP contribution in [0.3, 0.4) is 0 Å². The quantitative estimate of drug-likeness (QED) is 0.487. The summed E-state index contributed by atoms with van der Waals surface area (Å²) in [5.74, 6) is 2.64. The molecule has 0 saturated carbocycles. The van der Waals surface area contributed by atoms with E-state index in [1.165, 1.54) is 0 Å². The van der Waals surface area contributed by atoms with E-state index in [1.807, 2.05) is 25.2 Å². The van der Waals surface area contributed by atoms with Crippen LogP contribution in [0.2, 0.25) is 0 Å². The number of hydrogen-bond acceptors (Lipinski definition) is 6. The number of nitrogens with one attached hydrogen (secondary N) is 1. The topological polar surface area (TPSA) is 69.1 Å². The molecule has 3 rings (SSSR count). The van der Waals surface area contributed by atoms with Crippen LogP contribution in [0.25, 0.3) is 0 Å². The maximum Gasteiger partial charge on any atom is 0.225 e. The van der Waals surface area contributed by atoms with Crippen molar-refractivity contribution in [2.24, 2.45) is 4.99 Å². The second kappa shape index (κ2) is 12.1. The summed E-state index contributed by atoms with van der Waals surface area (Å²) in [6.45, 7) is 12.2. The van der Waals surface area contributed by atoms with Gasteiger partial charge in [-0.15, -0.1) is 0 Å². The highest BCUT2D eigenvalue weighted by atomic mass is 16.5. The number of aliphatic imine (C=N–C) groups is 1. The minimum absolute atomic E-state index is 0.677. The van der Waals surface area contributed by atoms with Crippen molar-refractivity contribution in [2.45, 2.75) is 20.4 Å². The number of benzene rings is 1. The lowest BCUT2D eigenvalue weighted by atomic mass is 10.2. The van der Waals surface area contributed by atoms with Crippen molar-refractivity contribution in [1.82, 2.24) is 25.1 Å². The molecule has 31 heavy (non-hydrogen) atoms. The lowest BCUT2D eigenvalue weighted by molar-refractivity contribution is 0.221. The Kier molecular flexibility index (Phi) is 8.90. The fourth-order valence-electron chi connectivity index (χ4n) is 3.69. The Labute approximate surface area is 186 Å². The highest BCUT2D eigenvalue weighted by Gasteiger charge is 2.21. The molecule has 1 N–H and O–H groups in total. The molecule has 0 unspecified atom stereocenters. The predicted molar refractivity (Wildman–Crippen MR) is 126 cm³/mol. The molecule has 1 aliphatic rings. The zero-order chi connectivity index (χ0) is 21.9. The molecule has 0 atom stereocenters. The molecule has 0 bridgehead atoms. The number of likely N-dealkylation sites (N-methyl/N-ethyl adjacent to an activating group) is 1. The van der Waals surface area contributed by atoms with Gasteiger partial charge in [-0.3, -0.25) is 4.99 Å². The van der Waals surface area contributed by atoms with Crippen molar-refractivity contribution in [2.75, 3.05) is 64.4 Å². The summed E-state index contributed by atoms with van der Waals surface area (Å²) in [5.41, 5.74) is 1.14. The Morgan fingerprint density at radius 2 is 1.77 bits per heavy atom. The number of aromatic nitrogens is 2. The van der Waals surface area contributed by atoms with Crippen LogP contribution in [-0.4, -0.2) is 85.2 Å². The molecule has 2 aromatic rings. The van der Waals surface area contributed by atoms with E-state index in [2.05, 4.69) is 61.0 Å². The Hall–Kier alpha value is -2.87. The van der Waals surface area contributed by atoms with Crippen molar-refractivity contribution >= 4 is 11.9 Å². The van der Waals surface area contributed by atoms with E-state index in [1.54, 1.807) is 12.4 Å². The maximum atomic E-state index is 6.09. The zero-order valence-corrected chi connectivity index (χ0v) is 19.0. The highest BCUT2D eigenvalue weighted by molar-refractivity contribution is 5.80. The number of ether oxygens (including phenoxy) is 1. The highest BCUT2D eigenvalue weighted by Crippen LogP contribution is 2.18. The van der Waals surface area contributed by atoms with Crippen molar-refractivity contribution < 1.29 is 4.74 Å². The molecule has 168 valence electrons. The molecule has 1 aliphatic heterocycles. The standard InChI is InChI=1S/C23H35N7O/c1-4-28(5-2)17-18-31-21-10-7-6-9-20(21)19-27-22(24-3)29-13-15-30(16-14-29)23-25-11-8-12-26-23/h6-12H,4-5,13-19H2,1-3H3,(H,24,27). The van der Waals surface area contributed by atoms with Gasteiger partial charge >= 0.3 is 0 Å². The second-order valence-electron chi connectivity index (χ2n) is 7.41. The van der Waals surface area contributed by atoms with Crippen molar-refractivity contribution in [1.29, 1.82) is 0 Å². The molecule has 2 heterocycles. The van der Waals surface area contributed by atoms with E-state index in [0.29, 0.717) is 13.2 Å². The Morgan fingerprint density at radius 3 is 2.45 bits per heavy atom. The molecule has 8 nitrogen and oxygen atoms in total. The van der Waals surface area contributed by atoms with Gasteiger partial charge in [0.05, 0.1) is 0 Å². The summed E-state index contributed by atoms with van der Waals surface area (Å²) < 4.78 is 6.09. The summed E-state index contributed by atoms with van der Waals surface area (Å²) in [6, 6.07) is 10.1. The van der Waals surface area contributed by atoms with Gasteiger partial charge in [-0.25, -0.2) is 9.97 Å². The third-order valence-electron chi connectivity index (χ3n) is 5.60. The minimum atomic E-state index is 0.677. The average molecular weight is 426 g/mol. The molecule has 0 amide bonds. The number of para-hydroxylation sites is 1. The monoisotopic (exact) mass is 425 g/mol. The van der Waals surface area contributed by atoms with Crippen molar-refractivity contribution in [3.8, 4) is 5.75 Å². The van der Waals surface area contributed by atoms with Crippen molar-refractivity contribution in [3.05, 3.63) is 48.3 Å². The summed E-state index contributed by atoms with van der Waals surface area (Å²) in [4.78, 5) is 20.1. The van der Waals surface area contributed by atoms with Gasteiger partial charge in [0, 0.05) is 64.3 Å². The first-order valence-electron chi connectivity index (χ1n) is 11.2. The SMILES string of the molecule is CCN(CC)CCOc1ccccc1CNC(=NC)N1CCN(c2ncccn2)CC1. The van der Waals surface area contributed by atoms with E-state index in [4.69, 9.17) is 4.74 Å². The first-order valence-corrected chi connectivity index (χ1v) is 11.2. The summed E-state index contributed by atoms with van der Waals surface area (Å²) in [5, 5.41) is 3.51. The van der Waals surface area contributed by atoms with Gasteiger partial charge in [0.2, 0.25) is 5.95 Å². The van der Waals surface area contributed by atoms with Gasteiger partial charge < -0.3 is 24.8 Å². The molecule has 1 fully saturated rings. The summed E-state index contributed by atoms with van der Waals surface area (Å²) in [7, 11) is 1.83. The number of anilines is 1. The smallest absolute Gasteiger partial charge is 0.225 e. The number of guanidine groups is 1. The van der Waals surface area contributed by atoms with Crippen LogP contribution >= 0.6 is 0 Å². The van der Waals surface area contributed by atoms with Crippen LogP contribution in [0, 0.1) is 0 Å². The van der Waals surface area contributed by atoms with E-state index in [0.717, 1.165) is 69.0 Å². The molecule has 1 aromatic carbocycles. The molecule has 8 heteroatoms. The van der Waals surface area contributed by atoms with Crippen LogP contribution in [0.5, 0.6) is 5.75 Å². The zero-order valence-electron chi connectivity index (χ0n) is 19.0. The van der Waals surface area contributed by atoms with Gasteiger partial charge in [-0.05, 0) is 25.2 Å². The molecule has 0 aliphatic carbocycles. The fourth-order valence-corrected chi connectivity index (χ4v) is 3.69. The second-order valence-corrected chi connectivity index (χ2v) is 7.41.